The third kappa shape index (κ3) is 2.88. The summed E-state index contributed by atoms with van der Waals surface area (Å²) in [7, 11) is 4.97. The van der Waals surface area contributed by atoms with E-state index in [0.29, 0.717) is 28.2 Å². The third-order valence-electron chi connectivity index (χ3n) is 4.63. The second-order valence-electron chi connectivity index (χ2n) is 6.41. The molecule has 0 aliphatic rings. The third-order valence-corrected chi connectivity index (χ3v) is 4.63. The fourth-order valence-electron chi connectivity index (χ4n) is 3.18. The molecule has 8 nitrogen and oxygen atoms in total. The van der Waals surface area contributed by atoms with Gasteiger partial charge in [-0.05, 0) is 37.3 Å². The number of nitrogens with zero attached hydrogens (tertiary/aromatic N) is 4. The Morgan fingerprint density at radius 2 is 1.82 bits per heavy atom. The summed E-state index contributed by atoms with van der Waals surface area (Å²) >= 11 is 0. The molecule has 4 aromatic rings. The van der Waals surface area contributed by atoms with Gasteiger partial charge >= 0.3 is 0 Å². The molecule has 0 unspecified atom stereocenters. The van der Waals surface area contributed by atoms with Gasteiger partial charge in [0.1, 0.15) is 5.52 Å². The Morgan fingerprint density at radius 3 is 2.57 bits per heavy atom. The Kier molecular flexibility index (Phi) is 4.31. The minimum absolute atomic E-state index is 0.134. The molecule has 1 amide bonds. The van der Waals surface area contributed by atoms with E-state index in [1.165, 1.54) is 14.2 Å². The van der Waals surface area contributed by atoms with E-state index in [-0.39, 0.29) is 11.9 Å². The van der Waals surface area contributed by atoms with Gasteiger partial charge in [0.05, 0.1) is 19.7 Å². The Hall–Kier alpha value is -3.68. The second kappa shape index (κ2) is 6.80. The van der Waals surface area contributed by atoms with Gasteiger partial charge in [-0.25, -0.2) is 0 Å². The number of amides is 1. The van der Waals surface area contributed by atoms with Gasteiger partial charge in [0, 0.05) is 18.0 Å². The number of aromatic nitrogens is 4. The molecule has 2 heterocycles. The monoisotopic (exact) mass is 377 g/mol. The quantitative estimate of drug-likeness (QED) is 0.588. The molecule has 0 aliphatic carbocycles. The summed E-state index contributed by atoms with van der Waals surface area (Å²) < 4.78 is 12.4. The number of hydrogen-bond acceptors (Lipinski definition) is 6. The molecule has 4 rings (SSSR count). The largest absolute Gasteiger partial charge is 0.493 e. The number of carbonyl (C=O) groups is 1. The lowest BCUT2D eigenvalue weighted by molar-refractivity contribution is 0.102. The smallest absolute Gasteiger partial charge is 0.258 e. The number of benzene rings is 2. The summed E-state index contributed by atoms with van der Waals surface area (Å²) in [5.41, 5.74) is 3.89. The normalized spacial score (nSPS) is 11.0. The number of anilines is 1. The minimum atomic E-state index is -0.364. The van der Waals surface area contributed by atoms with E-state index in [4.69, 9.17) is 9.47 Å². The van der Waals surface area contributed by atoms with E-state index in [2.05, 4.69) is 26.6 Å². The van der Waals surface area contributed by atoms with Crippen LogP contribution in [0.3, 0.4) is 0 Å². The van der Waals surface area contributed by atoms with Crippen LogP contribution in [0.25, 0.3) is 22.1 Å². The molecule has 28 heavy (non-hydrogen) atoms. The second-order valence-corrected chi connectivity index (χ2v) is 6.41. The fourth-order valence-corrected chi connectivity index (χ4v) is 3.18. The van der Waals surface area contributed by atoms with E-state index in [9.17, 15) is 4.79 Å². The SMILES string of the molecule is COc1ccc(C(=O)Nc2nnc3c4cc(C)ccc4n(C)c3n2)cc1OC. The number of nitrogens with one attached hydrogen (secondary N) is 1. The maximum absolute atomic E-state index is 12.6. The van der Waals surface area contributed by atoms with Gasteiger partial charge in [0.2, 0.25) is 0 Å². The predicted molar refractivity (Wildman–Crippen MR) is 106 cm³/mol. The van der Waals surface area contributed by atoms with Crippen LogP contribution in [0.5, 0.6) is 11.5 Å². The van der Waals surface area contributed by atoms with Crippen LogP contribution in [0.4, 0.5) is 5.95 Å². The van der Waals surface area contributed by atoms with Gasteiger partial charge in [-0.15, -0.1) is 10.2 Å². The average Bonchev–Trinajstić information content (AvgIpc) is 2.98. The van der Waals surface area contributed by atoms with Crippen LogP contribution in [0, 0.1) is 6.92 Å². The number of aryl methyl sites for hydroxylation is 2. The first-order valence-corrected chi connectivity index (χ1v) is 8.64. The van der Waals surface area contributed by atoms with E-state index in [1.54, 1.807) is 18.2 Å². The van der Waals surface area contributed by atoms with E-state index in [0.717, 1.165) is 16.5 Å². The van der Waals surface area contributed by atoms with Crippen LogP contribution in [0.15, 0.2) is 36.4 Å². The van der Waals surface area contributed by atoms with Crippen molar-refractivity contribution < 1.29 is 14.3 Å². The highest BCUT2D eigenvalue weighted by molar-refractivity contribution is 6.06. The molecule has 0 radical (unpaired) electrons. The zero-order valence-electron chi connectivity index (χ0n) is 16.0. The van der Waals surface area contributed by atoms with Gasteiger partial charge in [0.15, 0.2) is 17.1 Å². The standard InChI is InChI=1S/C20H19N5O3/c1-11-5-7-14-13(9-11)17-18(25(14)2)21-20(24-23-17)22-19(26)12-6-8-15(27-3)16(10-12)28-4/h5-10H,1-4H3,(H,21,22,24,26). The van der Waals surface area contributed by atoms with Gasteiger partial charge in [0.25, 0.3) is 11.9 Å². The molecule has 0 spiro atoms. The molecule has 0 saturated heterocycles. The maximum Gasteiger partial charge on any atom is 0.258 e. The zero-order valence-corrected chi connectivity index (χ0v) is 16.0. The molecule has 2 aromatic heterocycles. The molecule has 0 aliphatic heterocycles. The molecule has 142 valence electrons. The van der Waals surface area contributed by atoms with Gasteiger partial charge in [-0.1, -0.05) is 11.6 Å². The highest BCUT2D eigenvalue weighted by Crippen LogP contribution is 2.28. The van der Waals surface area contributed by atoms with Crippen molar-refractivity contribution in [2.45, 2.75) is 6.92 Å². The van der Waals surface area contributed by atoms with Gasteiger partial charge < -0.3 is 14.0 Å². The Labute approximate surface area is 161 Å². The van der Waals surface area contributed by atoms with Crippen molar-refractivity contribution in [1.29, 1.82) is 0 Å². The Bertz CT molecular complexity index is 1220. The minimum Gasteiger partial charge on any atom is -0.493 e. The zero-order chi connectivity index (χ0) is 19.8. The summed E-state index contributed by atoms with van der Waals surface area (Å²) in [6.45, 7) is 2.02. The summed E-state index contributed by atoms with van der Waals surface area (Å²) in [6.07, 6.45) is 0. The number of rotatable bonds is 4. The van der Waals surface area contributed by atoms with Crippen molar-refractivity contribution >= 4 is 33.9 Å². The number of carbonyl (C=O) groups excluding carboxylic acids is 1. The van der Waals surface area contributed by atoms with Crippen molar-refractivity contribution in [2.24, 2.45) is 7.05 Å². The molecule has 8 heteroatoms. The summed E-state index contributed by atoms with van der Waals surface area (Å²) in [6, 6.07) is 11.0. The van der Waals surface area contributed by atoms with E-state index in [1.807, 2.05) is 30.7 Å². The van der Waals surface area contributed by atoms with Crippen LogP contribution >= 0.6 is 0 Å². The number of fused-ring (bicyclic) bond motifs is 3. The van der Waals surface area contributed by atoms with Crippen molar-refractivity contribution in [1.82, 2.24) is 19.7 Å². The lowest BCUT2D eigenvalue weighted by Crippen LogP contribution is -2.15. The van der Waals surface area contributed by atoms with Crippen LogP contribution in [0.1, 0.15) is 15.9 Å². The molecule has 1 N–H and O–H groups in total. The van der Waals surface area contributed by atoms with Crippen LogP contribution in [-0.2, 0) is 7.05 Å². The Morgan fingerprint density at radius 1 is 1.04 bits per heavy atom. The lowest BCUT2D eigenvalue weighted by atomic mass is 10.2. The molecule has 0 saturated carbocycles. The lowest BCUT2D eigenvalue weighted by Gasteiger charge is -2.09. The molecule has 2 aromatic carbocycles. The highest BCUT2D eigenvalue weighted by atomic mass is 16.5. The number of ether oxygens (including phenoxy) is 2. The molecular formula is C20H19N5O3. The number of methoxy groups -OCH3 is 2. The average molecular weight is 377 g/mol. The summed E-state index contributed by atoms with van der Waals surface area (Å²) in [4.78, 5) is 17.1. The molecule has 0 atom stereocenters. The first-order valence-electron chi connectivity index (χ1n) is 8.64. The van der Waals surface area contributed by atoms with E-state index < -0.39 is 0 Å². The fraction of sp³-hybridized carbons (Fsp3) is 0.200. The van der Waals surface area contributed by atoms with Crippen LogP contribution < -0.4 is 14.8 Å². The van der Waals surface area contributed by atoms with Crippen molar-refractivity contribution in [3.8, 4) is 11.5 Å². The predicted octanol–water partition coefficient (Wildman–Crippen LogP) is 3.09. The van der Waals surface area contributed by atoms with Crippen molar-refractivity contribution in [2.75, 3.05) is 19.5 Å². The topological polar surface area (TPSA) is 91.2 Å². The number of hydrogen-bond donors (Lipinski definition) is 1. The van der Waals surface area contributed by atoms with E-state index >= 15 is 0 Å². The highest BCUT2D eigenvalue weighted by Gasteiger charge is 2.16. The maximum atomic E-state index is 12.6. The summed E-state index contributed by atoms with van der Waals surface area (Å²) in [5, 5.41) is 12.0. The van der Waals surface area contributed by atoms with Gasteiger partial charge in [-0.3, -0.25) is 10.1 Å². The van der Waals surface area contributed by atoms with Crippen molar-refractivity contribution in [3.05, 3.63) is 47.5 Å². The Balaban J connectivity index is 1.69. The molecule has 0 bridgehead atoms. The molecule has 0 fully saturated rings. The first-order chi connectivity index (χ1) is 13.5. The molecular weight excluding hydrogens is 358 g/mol. The van der Waals surface area contributed by atoms with Gasteiger partial charge in [-0.2, -0.15) is 4.98 Å². The first kappa shape index (κ1) is 17.7. The summed E-state index contributed by atoms with van der Waals surface area (Å²) in [5.74, 6) is 0.782. The van der Waals surface area contributed by atoms with Crippen molar-refractivity contribution in [3.63, 3.8) is 0 Å². The van der Waals surface area contributed by atoms with Crippen LogP contribution in [0.2, 0.25) is 0 Å². The van der Waals surface area contributed by atoms with Crippen LogP contribution in [-0.4, -0.2) is 39.9 Å².